The molecule has 0 atom stereocenters. The van der Waals surface area contributed by atoms with E-state index in [1.54, 1.807) is 0 Å². The Balaban J connectivity index is 2.07. The van der Waals surface area contributed by atoms with E-state index in [1.165, 1.54) is 16.8 Å². The number of anilines is 1. The molecule has 0 saturated heterocycles. The fourth-order valence-corrected chi connectivity index (χ4v) is 2.45. The molecule has 2 aromatic rings. The number of benzene rings is 1. The van der Waals surface area contributed by atoms with Crippen molar-refractivity contribution in [1.82, 2.24) is 9.78 Å². The second kappa shape index (κ2) is 6.00. The van der Waals surface area contributed by atoms with Gasteiger partial charge in [0, 0.05) is 28.5 Å². The van der Waals surface area contributed by atoms with Crippen LogP contribution < -0.4 is 5.32 Å². The molecule has 0 aliphatic carbocycles. The maximum absolute atomic E-state index is 4.43. The molecule has 0 saturated carbocycles. The Labute approximate surface area is 129 Å². The van der Waals surface area contributed by atoms with Gasteiger partial charge in [0.25, 0.3) is 0 Å². The van der Waals surface area contributed by atoms with Crippen LogP contribution in [0.3, 0.4) is 0 Å². The zero-order valence-corrected chi connectivity index (χ0v) is 14.2. The van der Waals surface area contributed by atoms with Crippen LogP contribution in [0.15, 0.2) is 35.1 Å². The van der Waals surface area contributed by atoms with E-state index in [0.29, 0.717) is 0 Å². The molecule has 0 amide bonds. The molecule has 1 aromatic heterocycles. The number of rotatable bonds is 4. The molecule has 0 aliphatic rings. The van der Waals surface area contributed by atoms with Crippen molar-refractivity contribution in [2.45, 2.75) is 46.2 Å². The summed E-state index contributed by atoms with van der Waals surface area (Å²) < 4.78 is 3.13. The van der Waals surface area contributed by atoms with Crippen molar-refractivity contribution in [3.8, 4) is 0 Å². The minimum Gasteiger partial charge on any atom is -0.381 e. The summed E-state index contributed by atoms with van der Waals surface area (Å²) in [6, 6.07) is 6.36. The summed E-state index contributed by atoms with van der Waals surface area (Å²) in [5, 5.41) is 7.92. The van der Waals surface area contributed by atoms with Crippen molar-refractivity contribution in [1.29, 1.82) is 0 Å². The molecule has 0 aliphatic heterocycles. The van der Waals surface area contributed by atoms with Gasteiger partial charge in [-0.1, -0.05) is 22.9 Å². The lowest BCUT2D eigenvalue weighted by molar-refractivity contribution is 0.355. The third kappa shape index (κ3) is 3.63. The van der Waals surface area contributed by atoms with E-state index < -0.39 is 0 Å². The van der Waals surface area contributed by atoms with Gasteiger partial charge in [-0.25, -0.2) is 0 Å². The number of aryl methyl sites for hydroxylation is 1. The van der Waals surface area contributed by atoms with Gasteiger partial charge < -0.3 is 5.32 Å². The second-order valence-corrected chi connectivity index (χ2v) is 6.89. The molecule has 1 aromatic carbocycles. The molecular formula is C16H22BrN3. The van der Waals surface area contributed by atoms with E-state index in [1.807, 2.05) is 10.9 Å². The third-order valence-electron chi connectivity index (χ3n) is 3.25. The zero-order valence-electron chi connectivity index (χ0n) is 12.6. The third-order valence-corrected chi connectivity index (χ3v) is 3.75. The standard InChI is InChI=1S/C16H22BrN3/c1-5-13-8-14(17)6-7-15(13)18-9-12-10-19-20(11-12)16(2,3)4/h6-8,10-11,18H,5,9H2,1-4H3. The first-order valence-electron chi connectivity index (χ1n) is 6.96. The van der Waals surface area contributed by atoms with Gasteiger partial charge in [0.2, 0.25) is 0 Å². The maximum Gasteiger partial charge on any atom is 0.0543 e. The van der Waals surface area contributed by atoms with Crippen LogP contribution in [0.5, 0.6) is 0 Å². The first-order chi connectivity index (χ1) is 9.40. The van der Waals surface area contributed by atoms with Crippen molar-refractivity contribution < 1.29 is 0 Å². The van der Waals surface area contributed by atoms with Gasteiger partial charge in [0.05, 0.1) is 11.7 Å². The Morgan fingerprint density at radius 2 is 2.05 bits per heavy atom. The van der Waals surface area contributed by atoms with Crippen LogP contribution in [0.4, 0.5) is 5.69 Å². The highest BCUT2D eigenvalue weighted by atomic mass is 79.9. The number of hydrogen-bond donors (Lipinski definition) is 1. The van der Waals surface area contributed by atoms with Gasteiger partial charge >= 0.3 is 0 Å². The van der Waals surface area contributed by atoms with Crippen LogP contribution in [0.1, 0.15) is 38.8 Å². The predicted molar refractivity (Wildman–Crippen MR) is 88.1 cm³/mol. The highest BCUT2D eigenvalue weighted by molar-refractivity contribution is 9.10. The minimum atomic E-state index is 0.0322. The SMILES string of the molecule is CCc1cc(Br)ccc1NCc1cnn(C(C)(C)C)c1. The Bertz CT molecular complexity index is 582. The van der Waals surface area contributed by atoms with Gasteiger partial charge in [-0.05, 0) is 51.0 Å². The first-order valence-corrected chi connectivity index (χ1v) is 7.76. The molecule has 2 rings (SSSR count). The highest BCUT2D eigenvalue weighted by Crippen LogP contribution is 2.22. The van der Waals surface area contributed by atoms with E-state index in [4.69, 9.17) is 0 Å². The Morgan fingerprint density at radius 3 is 2.65 bits per heavy atom. The topological polar surface area (TPSA) is 29.9 Å². The van der Waals surface area contributed by atoms with Crippen molar-refractivity contribution in [3.63, 3.8) is 0 Å². The van der Waals surface area contributed by atoms with E-state index >= 15 is 0 Å². The lowest BCUT2D eigenvalue weighted by atomic mass is 10.1. The predicted octanol–water partition coefficient (Wildman–Crippen LogP) is 4.58. The molecule has 108 valence electrons. The average molecular weight is 336 g/mol. The average Bonchev–Trinajstić information content (AvgIpc) is 2.86. The van der Waals surface area contributed by atoms with Gasteiger partial charge in [0.1, 0.15) is 0 Å². The number of nitrogens with one attached hydrogen (secondary N) is 1. The molecule has 0 spiro atoms. The van der Waals surface area contributed by atoms with E-state index in [9.17, 15) is 0 Å². The highest BCUT2D eigenvalue weighted by Gasteiger charge is 2.13. The minimum absolute atomic E-state index is 0.0322. The van der Waals surface area contributed by atoms with Crippen LogP contribution in [0.2, 0.25) is 0 Å². The normalized spacial score (nSPS) is 11.7. The molecule has 3 nitrogen and oxygen atoms in total. The van der Waals surface area contributed by atoms with E-state index in [-0.39, 0.29) is 5.54 Å². The molecule has 0 unspecified atom stereocenters. The molecule has 1 N–H and O–H groups in total. The van der Waals surface area contributed by atoms with Crippen LogP contribution in [-0.2, 0) is 18.5 Å². The molecule has 4 heteroatoms. The number of nitrogens with zero attached hydrogens (tertiary/aromatic N) is 2. The van der Waals surface area contributed by atoms with Gasteiger partial charge in [0.15, 0.2) is 0 Å². The zero-order chi connectivity index (χ0) is 14.8. The second-order valence-electron chi connectivity index (χ2n) is 5.97. The number of halogens is 1. The molecule has 1 heterocycles. The summed E-state index contributed by atoms with van der Waals surface area (Å²) in [4.78, 5) is 0. The Morgan fingerprint density at radius 1 is 1.30 bits per heavy atom. The van der Waals surface area contributed by atoms with Crippen LogP contribution in [-0.4, -0.2) is 9.78 Å². The van der Waals surface area contributed by atoms with Crippen molar-refractivity contribution in [3.05, 3.63) is 46.2 Å². The smallest absolute Gasteiger partial charge is 0.0543 e. The summed E-state index contributed by atoms with van der Waals surface area (Å²) in [7, 11) is 0. The molecule has 0 radical (unpaired) electrons. The number of aromatic nitrogens is 2. The van der Waals surface area contributed by atoms with Crippen LogP contribution in [0, 0.1) is 0 Å². The lowest BCUT2D eigenvalue weighted by Crippen LogP contribution is -2.21. The summed E-state index contributed by atoms with van der Waals surface area (Å²) in [6.45, 7) is 9.43. The molecule has 0 fully saturated rings. The maximum atomic E-state index is 4.43. The summed E-state index contributed by atoms with van der Waals surface area (Å²) in [6.07, 6.45) is 5.06. The molecular weight excluding hydrogens is 314 g/mol. The van der Waals surface area contributed by atoms with Crippen molar-refractivity contribution in [2.75, 3.05) is 5.32 Å². The Hall–Kier alpha value is -1.29. The summed E-state index contributed by atoms with van der Waals surface area (Å²) in [5.74, 6) is 0. The first kappa shape index (κ1) is 15.1. The molecule has 20 heavy (non-hydrogen) atoms. The van der Waals surface area contributed by atoms with Crippen molar-refractivity contribution in [2.24, 2.45) is 0 Å². The number of hydrogen-bond acceptors (Lipinski definition) is 2. The quantitative estimate of drug-likeness (QED) is 0.886. The van der Waals surface area contributed by atoms with E-state index in [0.717, 1.165) is 17.4 Å². The fraction of sp³-hybridized carbons (Fsp3) is 0.438. The lowest BCUT2D eigenvalue weighted by Gasteiger charge is -2.18. The Kier molecular flexibility index (Phi) is 4.53. The van der Waals surface area contributed by atoms with Gasteiger partial charge in [-0.3, -0.25) is 4.68 Å². The summed E-state index contributed by atoms with van der Waals surface area (Å²) >= 11 is 3.52. The molecule has 0 bridgehead atoms. The summed E-state index contributed by atoms with van der Waals surface area (Å²) in [5.41, 5.74) is 3.75. The van der Waals surface area contributed by atoms with Crippen LogP contribution >= 0.6 is 15.9 Å². The van der Waals surface area contributed by atoms with E-state index in [2.05, 4.69) is 78.4 Å². The van der Waals surface area contributed by atoms with Crippen molar-refractivity contribution >= 4 is 21.6 Å². The fourth-order valence-electron chi connectivity index (χ4n) is 2.04. The largest absolute Gasteiger partial charge is 0.381 e. The monoisotopic (exact) mass is 335 g/mol. The van der Waals surface area contributed by atoms with Gasteiger partial charge in [-0.15, -0.1) is 0 Å². The van der Waals surface area contributed by atoms with Crippen LogP contribution in [0.25, 0.3) is 0 Å². The van der Waals surface area contributed by atoms with Gasteiger partial charge in [-0.2, -0.15) is 5.10 Å².